The highest BCUT2D eigenvalue weighted by atomic mass is 127. The number of thiazole rings is 1. The summed E-state index contributed by atoms with van der Waals surface area (Å²) in [6.07, 6.45) is 0.864. The first-order valence-corrected chi connectivity index (χ1v) is 10.6. The van der Waals surface area contributed by atoms with E-state index < -0.39 is 0 Å². The van der Waals surface area contributed by atoms with Gasteiger partial charge in [0.2, 0.25) is 0 Å². The maximum atomic E-state index is 4.74. The number of hydrogen-bond acceptors (Lipinski definition) is 5. The van der Waals surface area contributed by atoms with Gasteiger partial charge in [0.05, 0.1) is 16.7 Å². The minimum absolute atomic E-state index is 0. The van der Waals surface area contributed by atoms with Gasteiger partial charge in [0.15, 0.2) is 11.8 Å². The van der Waals surface area contributed by atoms with Crippen LogP contribution in [0, 0.1) is 20.8 Å². The third-order valence-electron chi connectivity index (χ3n) is 4.92. The van der Waals surface area contributed by atoms with E-state index in [1.165, 1.54) is 10.4 Å². The molecule has 0 aliphatic carbocycles. The summed E-state index contributed by atoms with van der Waals surface area (Å²) in [5.41, 5.74) is 2.33. The van der Waals surface area contributed by atoms with Crippen LogP contribution in [-0.4, -0.2) is 32.3 Å². The molecule has 0 aliphatic heterocycles. The van der Waals surface area contributed by atoms with E-state index in [-0.39, 0.29) is 30.0 Å². The average molecular weight is 539 g/mol. The van der Waals surface area contributed by atoms with Gasteiger partial charge in [-0.25, -0.2) is 9.98 Å². The second kappa shape index (κ2) is 11.4. The van der Waals surface area contributed by atoms with Gasteiger partial charge in [-0.3, -0.25) is 0 Å². The normalized spacial score (nSPS) is 12.4. The zero-order chi connectivity index (χ0) is 20.8. The number of benzene rings is 1. The molecule has 3 aromatic rings. The van der Waals surface area contributed by atoms with Crippen molar-refractivity contribution in [3.8, 4) is 0 Å². The van der Waals surface area contributed by atoms with E-state index in [1.807, 2.05) is 36.7 Å². The van der Waals surface area contributed by atoms with Crippen molar-refractivity contribution in [2.75, 3.05) is 6.54 Å². The zero-order valence-corrected chi connectivity index (χ0v) is 21.3. The standard InChI is InChI=1S/C21H29N7S.HI/c1-14-16(3)29-20(24-14)11-12-22-21(23-13-19-27-26-17(4)28(19)5)25-15(2)18-9-7-6-8-10-18;/h6-10,15H,11-13H2,1-5H3,(H2,22,23,25);1H. The third-order valence-corrected chi connectivity index (χ3v) is 6.05. The monoisotopic (exact) mass is 539 g/mol. The van der Waals surface area contributed by atoms with E-state index in [0.717, 1.165) is 41.3 Å². The molecule has 0 spiro atoms. The Hall–Kier alpha value is -2.01. The molecule has 162 valence electrons. The zero-order valence-electron chi connectivity index (χ0n) is 18.1. The lowest BCUT2D eigenvalue weighted by molar-refractivity contribution is 0.675. The number of nitrogens with zero attached hydrogens (tertiary/aromatic N) is 5. The molecule has 2 N–H and O–H groups in total. The van der Waals surface area contributed by atoms with Gasteiger partial charge in [-0.05, 0) is 33.3 Å². The summed E-state index contributed by atoms with van der Waals surface area (Å²) >= 11 is 1.76. The van der Waals surface area contributed by atoms with E-state index in [0.29, 0.717) is 6.54 Å². The molecule has 9 heteroatoms. The van der Waals surface area contributed by atoms with Crippen LogP contribution in [0.5, 0.6) is 0 Å². The van der Waals surface area contributed by atoms with Crippen LogP contribution >= 0.6 is 35.3 Å². The van der Waals surface area contributed by atoms with Crippen molar-refractivity contribution < 1.29 is 0 Å². The Balaban J connectivity index is 0.00000320. The summed E-state index contributed by atoms with van der Waals surface area (Å²) in [6.45, 7) is 9.46. The van der Waals surface area contributed by atoms with Crippen LogP contribution in [0.4, 0.5) is 0 Å². The Labute approximate surface area is 199 Å². The number of rotatable bonds is 7. The van der Waals surface area contributed by atoms with Gasteiger partial charge in [-0.2, -0.15) is 0 Å². The molecule has 1 aromatic carbocycles. The van der Waals surface area contributed by atoms with Gasteiger partial charge >= 0.3 is 0 Å². The lowest BCUT2D eigenvalue weighted by Gasteiger charge is -2.18. The molecule has 3 rings (SSSR count). The van der Waals surface area contributed by atoms with Gasteiger partial charge in [0.25, 0.3) is 0 Å². The van der Waals surface area contributed by atoms with Gasteiger partial charge < -0.3 is 15.2 Å². The lowest BCUT2D eigenvalue weighted by atomic mass is 10.1. The summed E-state index contributed by atoms with van der Waals surface area (Å²) in [5.74, 6) is 2.47. The number of nitrogens with one attached hydrogen (secondary N) is 2. The maximum absolute atomic E-state index is 4.74. The molecule has 0 saturated heterocycles. The Morgan fingerprint density at radius 1 is 1.17 bits per heavy atom. The van der Waals surface area contributed by atoms with E-state index >= 15 is 0 Å². The van der Waals surface area contributed by atoms with Crippen molar-refractivity contribution in [3.63, 3.8) is 0 Å². The van der Waals surface area contributed by atoms with Crippen molar-refractivity contribution >= 4 is 41.3 Å². The topological polar surface area (TPSA) is 80.0 Å². The lowest BCUT2D eigenvalue weighted by Crippen LogP contribution is -2.39. The van der Waals surface area contributed by atoms with Crippen LogP contribution in [0.1, 0.15) is 45.8 Å². The first-order chi connectivity index (χ1) is 13.9. The summed E-state index contributed by atoms with van der Waals surface area (Å²) in [7, 11) is 1.96. The molecule has 1 atom stereocenters. The van der Waals surface area contributed by atoms with E-state index in [9.17, 15) is 0 Å². The molecule has 0 amide bonds. The summed E-state index contributed by atoms with van der Waals surface area (Å²) in [4.78, 5) is 10.6. The fourth-order valence-corrected chi connectivity index (χ4v) is 3.79. The number of aromatic nitrogens is 4. The van der Waals surface area contributed by atoms with Crippen LogP contribution in [0.2, 0.25) is 0 Å². The van der Waals surface area contributed by atoms with Crippen LogP contribution < -0.4 is 10.6 Å². The molecule has 30 heavy (non-hydrogen) atoms. The van der Waals surface area contributed by atoms with Crippen LogP contribution in [0.25, 0.3) is 0 Å². The van der Waals surface area contributed by atoms with Crippen molar-refractivity contribution in [1.82, 2.24) is 30.4 Å². The molecule has 0 aliphatic rings. The quantitative estimate of drug-likeness (QED) is 0.271. The molecular formula is C21H30IN7S. The molecule has 0 saturated carbocycles. The van der Waals surface area contributed by atoms with Crippen molar-refractivity contribution in [1.29, 1.82) is 0 Å². The first kappa shape index (κ1) is 24.3. The predicted octanol–water partition coefficient (Wildman–Crippen LogP) is 3.85. The van der Waals surface area contributed by atoms with E-state index in [4.69, 9.17) is 4.99 Å². The minimum Gasteiger partial charge on any atom is -0.356 e. The minimum atomic E-state index is 0. The number of hydrogen-bond donors (Lipinski definition) is 2. The SMILES string of the molecule is Cc1nc(CCNC(=NCc2nnc(C)n2C)NC(C)c2ccccc2)sc1C.I. The summed E-state index contributed by atoms with van der Waals surface area (Å²) in [5, 5.41) is 16.4. The molecule has 0 bridgehead atoms. The highest BCUT2D eigenvalue weighted by Gasteiger charge is 2.10. The fourth-order valence-electron chi connectivity index (χ4n) is 2.86. The molecule has 2 aromatic heterocycles. The van der Waals surface area contributed by atoms with Crippen molar-refractivity contribution in [2.45, 2.75) is 46.7 Å². The first-order valence-electron chi connectivity index (χ1n) is 9.81. The Morgan fingerprint density at radius 3 is 2.50 bits per heavy atom. The second-order valence-corrected chi connectivity index (χ2v) is 8.38. The number of guanidine groups is 1. The van der Waals surface area contributed by atoms with Gasteiger partial charge in [0, 0.05) is 24.9 Å². The third kappa shape index (κ3) is 6.49. The average Bonchev–Trinajstić information content (AvgIpc) is 3.21. The smallest absolute Gasteiger partial charge is 0.192 e. The molecule has 7 nitrogen and oxygen atoms in total. The molecule has 0 radical (unpaired) electrons. The van der Waals surface area contributed by atoms with Gasteiger partial charge in [0.1, 0.15) is 12.4 Å². The fraction of sp³-hybridized carbons (Fsp3) is 0.429. The van der Waals surface area contributed by atoms with Gasteiger partial charge in [-0.15, -0.1) is 45.5 Å². The highest BCUT2D eigenvalue weighted by Crippen LogP contribution is 2.16. The predicted molar refractivity (Wildman–Crippen MR) is 134 cm³/mol. The second-order valence-electron chi connectivity index (χ2n) is 7.09. The summed E-state index contributed by atoms with van der Waals surface area (Å²) < 4.78 is 1.96. The largest absolute Gasteiger partial charge is 0.356 e. The molecule has 0 fully saturated rings. The van der Waals surface area contributed by atoms with Crippen molar-refractivity contribution in [2.24, 2.45) is 12.0 Å². The number of aliphatic imine (C=N–C) groups is 1. The van der Waals surface area contributed by atoms with Crippen LogP contribution in [0.15, 0.2) is 35.3 Å². The van der Waals surface area contributed by atoms with E-state index in [1.54, 1.807) is 11.3 Å². The van der Waals surface area contributed by atoms with Gasteiger partial charge in [-0.1, -0.05) is 30.3 Å². The number of aryl methyl sites for hydroxylation is 3. The maximum Gasteiger partial charge on any atom is 0.192 e. The van der Waals surface area contributed by atoms with Crippen molar-refractivity contribution in [3.05, 3.63) is 63.1 Å². The highest BCUT2D eigenvalue weighted by molar-refractivity contribution is 14.0. The Kier molecular flexibility index (Phi) is 9.22. The molecular weight excluding hydrogens is 509 g/mol. The van der Waals surface area contributed by atoms with Crippen LogP contribution in [0.3, 0.4) is 0 Å². The Morgan fingerprint density at radius 2 is 1.90 bits per heavy atom. The Bertz CT molecular complexity index is 946. The van der Waals surface area contributed by atoms with E-state index in [2.05, 4.69) is 58.7 Å². The molecule has 2 heterocycles. The number of halogens is 1. The van der Waals surface area contributed by atoms with Crippen LogP contribution in [-0.2, 0) is 20.0 Å². The molecule has 1 unspecified atom stereocenters. The summed E-state index contributed by atoms with van der Waals surface area (Å²) in [6, 6.07) is 10.5.